The van der Waals surface area contributed by atoms with E-state index in [9.17, 15) is 10.1 Å². The van der Waals surface area contributed by atoms with Crippen LogP contribution >= 0.6 is 0 Å². The Hall–Kier alpha value is -4.09. The van der Waals surface area contributed by atoms with E-state index in [1.54, 1.807) is 0 Å². The van der Waals surface area contributed by atoms with Crippen molar-refractivity contribution in [3.8, 4) is 11.8 Å². The normalized spacial score (nSPS) is 17.4. The van der Waals surface area contributed by atoms with Crippen LogP contribution in [0.25, 0.3) is 0 Å². The van der Waals surface area contributed by atoms with E-state index in [0.717, 1.165) is 37.0 Å². The summed E-state index contributed by atoms with van der Waals surface area (Å²) in [5.41, 5.74) is 13.9. The van der Waals surface area contributed by atoms with Crippen LogP contribution in [0.5, 0.6) is 5.75 Å². The van der Waals surface area contributed by atoms with Crippen LogP contribution in [0.4, 0.5) is 17.3 Å². The van der Waals surface area contributed by atoms with Crippen LogP contribution in [-0.2, 0) is 6.61 Å². The predicted octanol–water partition coefficient (Wildman–Crippen LogP) is 4.06. The van der Waals surface area contributed by atoms with Crippen molar-refractivity contribution in [3.05, 3.63) is 77.4 Å². The van der Waals surface area contributed by atoms with E-state index >= 15 is 0 Å². The molecule has 34 heavy (non-hydrogen) atoms. The van der Waals surface area contributed by atoms with Gasteiger partial charge in [-0.1, -0.05) is 43.2 Å². The Kier molecular flexibility index (Phi) is 7.25. The number of nitriles is 1. The molecule has 8 heteroatoms. The molecule has 6 N–H and O–H groups in total. The van der Waals surface area contributed by atoms with Crippen LogP contribution < -0.4 is 26.8 Å². The largest absolute Gasteiger partial charge is 0.489 e. The van der Waals surface area contributed by atoms with Gasteiger partial charge in [0.15, 0.2) is 0 Å². The second-order valence-electron chi connectivity index (χ2n) is 8.38. The van der Waals surface area contributed by atoms with Crippen molar-refractivity contribution in [2.75, 3.05) is 10.6 Å². The molecule has 4 rings (SSSR count). The molecule has 1 fully saturated rings. The molecule has 0 bridgehead atoms. The fourth-order valence-corrected chi connectivity index (χ4v) is 4.07. The third kappa shape index (κ3) is 5.63. The minimum Gasteiger partial charge on any atom is -0.489 e. The summed E-state index contributed by atoms with van der Waals surface area (Å²) in [6.45, 7) is 0.384. The van der Waals surface area contributed by atoms with Crippen molar-refractivity contribution in [2.24, 2.45) is 11.5 Å². The highest BCUT2D eigenvalue weighted by molar-refractivity contribution is 5.99. The van der Waals surface area contributed by atoms with Crippen molar-refractivity contribution in [3.63, 3.8) is 0 Å². The maximum absolute atomic E-state index is 12.1. The van der Waals surface area contributed by atoms with Crippen molar-refractivity contribution < 1.29 is 9.53 Å². The molecule has 2 aromatic carbocycles. The first-order chi connectivity index (χ1) is 16.5. The zero-order valence-electron chi connectivity index (χ0n) is 18.8. The lowest BCUT2D eigenvalue weighted by Crippen LogP contribution is -2.43. The number of aromatic nitrogens is 1. The monoisotopic (exact) mass is 456 g/mol. The quantitative estimate of drug-likeness (QED) is 0.401. The molecule has 1 saturated carbocycles. The summed E-state index contributed by atoms with van der Waals surface area (Å²) in [7, 11) is 0. The van der Waals surface area contributed by atoms with E-state index in [1.165, 1.54) is 6.07 Å². The van der Waals surface area contributed by atoms with E-state index in [1.807, 2.05) is 54.6 Å². The third-order valence-electron chi connectivity index (χ3n) is 5.89. The molecule has 2 atom stereocenters. The Morgan fingerprint density at radius 2 is 1.88 bits per heavy atom. The summed E-state index contributed by atoms with van der Waals surface area (Å²) in [4.78, 5) is 16.7. The van der Waals surface area contributed by atoms with E-state index < -0.39 is 5.91 Å². The number of carbonyl (C=O) groups is 1. The number of carbonyl (C=O) groups excluding carboxylic acids is 1. The number of nitrogens with zero attached hydrogens (tertiary/aromatic N) is 2. The SMILES string of the molecule is N#Cc1cc(C(N)=O)c(Nc2cccc(COc3ccccc3)c2)nc1N[C@@H]1CCCC[C@@H]1N. The van der Waals surface area contributed by atoms with Crippen LogP contribution in [0.2, 0.25) is 0 Å². The molecule has 1 aliphatic rings. The minimum absolute atomic E-state index is 0.0130. The molecule has 1 aliphatic carbocycles. The number of nitrogens with two attached hydrogens (primary N) is 2. The lowest BCUT2D eigenvalue weighted by molar-refractivity contribution is 0.100. The van der Waals surface area contributed by atoms with Crippen LogP contribution in [0, 0.1) is 11.3 Å². The highest BCUT2D eigenvalue weighted by atomic mass is 16.5. The summed E-state index contributed by atoms with van der Waals surface area (Å²) < 4.78 is 5.83. The smallest absolute Gasteiger partial charge is 0.252 e. The first-order valence-electron chi connectivity index (χ1n) is 11.3. The summed E-state index contributed by atoms with van der Waals surface area (Å²) in [6.07, 6.45) is 3.98. The second-order valence-corrected chi connectivity index (χ2v) is 8.38. The zero-order valence-corrected chi connectivity index (χ0v) is 18.8. The molecule has 0 unspecified atom stereocenters. The summed E-state index contributed by atoms with van der Waals surface area (Å²) in [5.74, 6) is 0.777. The van der Waals surface area contributed by atoms with Gasteiger partial charge in [0.2, 0.25) is 0 Å². The van der Waals surface area contributed by atoms with Gasteiger partial charge in [0.05, 0.1) is 11.1 Å². The molecule has 174 valence electrons. The van der Waals surface area contributed by atoms with Gasteiger partial charge in [0.1, 0.15) is 30.1 Å². The van der Waals surface area contributed by atoms with Crippen LogP contribution in [0.15, 0.2) is 60.7 Å². The fraction of sp³-hybridized carbons (Fsp3) is 0.269. The maximum atomic E-state index is 12.1. The number of pyridine rings is 1. The van der Waals surface area contributed by atoms with Crippen LogP contribution in [0.1, 0.15) is 47.2 Å². The summed E-state index contributed by atoms with van der Waals surface area (Å²) in [6, 6.07) is 20.8. The first kappa shape index (κ1) is 23.1. The van der Waals surface area contributed by atoms with E-state index in [0.29, 0.717) is 18.1 Å². The first-order valence-corrected chi connectivity index (χ1v) is 11.3. The summed E-state index contributed by atoms with van der Waals surface area (Å²) in [5, 5.41) is 16.1. The van der Waals surface area contributed by atoms with Crippen molar-refractivity contribution in [2.45, 2.75) is 44.4 Å². The van der Waals surface area contributed by atoms with Gasteiger partial charge in [0, 0.05) is 17.8 Å². The molecule has 1 amide bonds. The molecule has 0 aliphatic heterocycles. The highest BCUT2D eigenvalue weighted by Gasteiger charge is 2.24. The minimum atomic E-state index is -0.670. The number of rotatable bonds is 8. The lowest BCUT2D eigenvalue weighted by atomic mass is 9.91. The Morgan fingerprint density at radius 1 is 1.09 bits per heavy atom. The van der Waals surface area contributed by atoms with Gasteiger partial charge < -0.3 is 26.8 Å². The molecule has 0 radical (unpaired) electrons. The van der Waals surface area contributed by atoms with Gasteiger partial charge in [-0.3, -0.25) is 4.79 Å². The van der Waals surface area contributed by atoms with Gasteiger partial charge in [-0.2, -0.15) is 5.26 Å². The second kappa shape index (κ2) is 10.7. The van der Waals surface area contributed by atoms with Crippen LogP contribution in [-0.4, -0.2) is 23.0 Å². The molecule has 0 saturated heterocycles. The molecule has 1 aromatic heterocycles. The van der Waals surface area contributed by atoms with Gasteiger partial charge in [-0.05, 0) is 48.7 Å². The number of benzene rings is 2. The van der Waals surface area contributed by atoms with Gasteiger partial charge >= 0.3 is 0 Å². The number of para-hydroxylation sites is 1. The molecular weight excluding hydrogens is 428 g/mol. The molecule has 3 aromatic rings. The Labute approximate surface area is 198 Å². The fourth-order valence-electron chi connectivity index (χ4n) is 4.07. The highest BCUT2D eigenvalue weighted by Crippen LogP contribution is 2.27. The van der Waals surface area contributed by atoms with Gasteiger partial charge in [-0.25, -0.2) is 4.98 Å². The number of amides is 1. The van der Waals surface area contributed by atoms with Crippen molar-refractivity contribution >= 4 is 23.2 Å². The van der Waals surface area contributed by atoms with E-state index in [-0.39, 0.29) is 29.0 Å². The predicted molar refractivity (Wildman–Crippen MR) is 132 cm³/mol. The number of hydrogen-bond donors (Lipinski definition) is 4. The van der Waals surface area contributed by atoms with E-state index in [4.69, 9.17) is 16.2 Å². The molecule has 1 heterocycles. The topological polar surface area (TPSA) is 139 Å². The summed E-state index contributed by atoms with van der Waals surface area (Å²) >= 11 is 0. The van der Waals surface area contributed by atoms with E-state index in [2.05, 4.69) is 21.7 Å². The molecular formula is C26H28N6O2. The van der Waals surface area contributed by atoms with Crippen molar-refractivity contribution in [1.29, 1.82) is 5.26 Å². The third-order valence-corrected chi connectivity index (χ3v) is 5.89. The maximum Gasteiger partial charge on any atom is 0.252 e. The molecule has 8 nitrogen and oxygen atoms in total. The number of primary amides is 1. The Balaban J connectivity index is 1.57. The lowest BCUT2D eigenvalue weighted by Gasteiger charge is -2.30. The van der Waals surface area contributed by atoms with Crippen molar-refractivity contribution in [1.82, 2.24) is 4.98 Å². The standard InChI is InChI=1S/C26H28N6O2/c27-15-18-14-21(24(29)33)26(32-25(18)31-23-12-5-4-11-22(23)28)30-19-8-6-7-17(13-19)16-34-20-9-2-1-3-10-20/h1-3,6-10,13-14,22-23H,4-5,11-12,16,28H2,(H2,29,33)(H2,30,31,32)/t22-,23+/m0/s1. The number of anilines is 3. The average molecular weight is 457 g/mol. The number of nitrogens with one attached hydrogen (secondary N) is 2. The van der Waals surface area contributed by atoms with Crippen LogP contribution in [0.3, 0.4) is 0 Å². The van der Waals surface area contributed by atoms with Gasteiger partial charge in [-0.15, -0.1) is 0 Å². The average Bonchev–Trinajstić information content (AvgIpc) is 2.85. The Bertz CT molecular complexity index is 1190. The number of ether oxygens (including phenoxy) is 1. The Morgan fingerprint density at radius 3 is 2.62 bits per heavy atom. The van der Waals surface area contributed by atoms with Gasteiger partial charge in [0.25, 0.3) is 5.91 Å². The zero-order chi connectivity index (χ0) is 23.9. The molecule has 0 spiro atoms. The number of hydrogen-bond acceptors (Lipinski definition) is 7.